The van der Waals surface area contributed by atoms with Crippen molar-refractivity contribution in [2.24, 2.45) is 0 Å². The van der Waals surface area contributed by atoms with Crippen LogP contribution in [-0.4, -0.2) is 34.8 Å². The number of amides is 1. The van der Waals surface area contributed by atoms with Crippen molar-refractivity contribution in [3.05, 3.63) is 89.7 Å². The van der Waals surface area contributed by atoms with Gasteiger partial charge in [0.15, 0.2) is 6.23 Å². The zero-order valence-electron chi connectivity index (χ0n) is 16.3. The molecule has 0 saturated carbocycles. The van der Waals surface area contributed by atoms with Crippen molar-refractivity contribution in [1.82, 2.24) is 4.90 Å². The van der Waals surface area contributed by atoms with Crippen LogP contribution < -0.4 is 0 Å². The van der Waals surface area contributed by atoms with Crippen molar-refractivity contribution in [2.45, 2.75) is 31.2 Å². The minimum Gasteiger partial charge on any atom is -0.471 e. The van der Waals surface area contributed by atoms with Crippen LogP contribution in [0.1, 0.15) is 24.0 Å². The summed E-state index contributed by atoms with van der Waals surface area (Å²) in [5.74, 6) is -0.684. The summed E-state index contributed by atoms with van der Waals surface area (Å²) in [5, 5.41) is 0. The third-order valence-corrected chi connectivity index (χ3v) is 5.28. The first kappa shape index (κ1) is 19.6. The second-order valence-corrected chi connectivity index (χ2v) is 7.15. The summed E-state index contributed by atoms with van der Waals surface area (Å²) in [6, 6.07) is 18.9. The summed E-state index contributed by atoms with van der Waals surface area (Å²) in [7, 11) is 0. The van der Waals surface area contributed by atoms with Gasteiger partial charge in [-0.15, -0.1) is 0 Å². The fourth-order valence-corrected chi connectivity index (χ4v) is 3.80. The molecule has 2 aromatic carbocycles. The fourth-order valence-electron chi connectivity index (χ4n) is 3.80. The molecule has 2 saturated heterocycles. The Hall–Kier alpha value is -3.67. The van der Waals surface area contributed by atoms with Gasteiger partial charge in [-0.05, 0) is 11.1 Å². The standard InChI is InChI=1S/C24H21NO5/c26-15-13-20-24(25-21(27)16-22(25)30-20,14-7-12-18-8-3-1-4-9-18)23(28)29-17-19-10-5-2-6-11-19/h1-13,15,22H,14,16-17H2/b12-7+,20-13+/t22-,24?/m1/s1. The normalized spacial score (nSPS) is 23.7. The zero-order chi connectivity index (χ0) is 21.0. The number of carbonyl (C=O) groups is 3. The Balaban J connectivity index is 1.64. The van der Waals surface area contributed by atoms with Gasteiger partial charge in [0.1, 0.15) is 18.7 Å². The van der Waals surface area contributed by atoms with Crippen molar-refractivity contribution >= 4 is 24.2 Å². The van der Waals surface area contributed by atoms with E-state index in [0.29, 0.717) is 6.29 Å². The van der Waals surface area contributed by atoms with E-state index in [1.54, 1.807) is 6.08 Å². The molecule has 2 atom stereocenters. The summed E-state index contributed by atoms with van der Waals surface area (Å²) in [5.41, 5.74) is 0.296. The lowest BCUT2D eigenvalue weighted by Gasteiger charge is -2.40. The number of hydrogen-bond donors (Lipinski definition) is 0. The van der Waals surface area contributed by atoms with Gasteiger partial charge in [0.25, 0.3) is 0 Å². The van der Waals surface area contributed by atoms with E-state index >= 15 is 0 Å². The molecule has 30 heavy (non-hydrogen) atoms. The van der Waals surface area contributed by atoms with E-state index in [-0.39, 0.29) is 31.1 Å². The van der Waals surface area contributed by atoms with E-state index in [9.17, 15) is 14.4 Å². The lowest BCUT2D eigenvalue weighted by molar-refractivity contribution is -0.174. The molecule has 0 aliphatic carbocycles. The van der Waals surface area contributed by atoms with Gasteiger partial charge >= 0.3 is 5.97 Å². The lowest BCUT2D eigenvalue weighted by atomic mass is 9.87. The van der Waals surface area contributed by atoms with Gasteiger partial charge < -0.3 is 9.47 Å². The van der Waals surface area contributed by atoms with E-state index < -0.39 is 17.7 Å². The fraction of sp³-hybridized carbons (Fsp3) is 0.208. The summed E-state index contributed by atoms with van der Waals surface area (Å²) < 4.78 is 11.4. The van der Waals surface area contributed by atoms with E-state index in [2.05, 4.69) is 0 Å². The number of ether oxygens (including phenoxy) is 2. The van der Waals surface area contributed by atoms with Crippen molar-refractivity contribution in [2.75, 3.05) is 0 Å². The maximum Gasteiger partial charge on any atom is 0.340 e. The molecule has 0 spiro atoms. The molecule has 6 heteroatoms. The van der Waals surface area contributed by atoms with Crippen LogP contribution in [0.3, 0.4) is 0 Å². The minimum absolute atomic E-state index is 0.0604. The SMILES string of the molecule is O=C/C=C1/O[C@@H]2CC(=O)N2C1(C/C=C/c1ccccc1)C(=O)OCc1ccccc1. The number of carbonyl (C=O) groups excluding carboxylic acids is 3. The monoisotopic (exact) mass is 403 g/mol. The van der Waals surface area contributed by atoms with Crippen LogP contribution in [0.15, 0.2) is 78.6 Å². The van der Waals surface area contributed by atoms with Gasteiger partial charge in [-0.2, -0.15) is 0 Å². The molecule has 2 heterocycles. The highest BCUT2D eigenvalue weighted by atomic mass is 16.6. The highest BCUT2D eigenvalue weighted by Crippen LogP contribution is 2.47. The van der Waals surface area contributed by atoms with Crippen molar-refractivity contribution in [3.8, 4) is 0 Å². The number of fused-ring (bicyclic) bond motifs is 1. The molecule has 152 valence electrons. The predicted molar refractivity (Wildman–Crippen MR) is 110 cm³/mol. The largest absolute Gasteiger partial charge is 0.471 e. The number of rotatable bonds is 7. The Labute approximate surface area is 174 Å². The Morgan fingerprint density at radius 2 is 1.83 bits per heavy atom. The maximum atomic E-state index is 13.3. The first-order chi connectivity index (χ1) is 14.6. The van der Waals surface area contributed by atoms with Gasteiger partial charge in [-0.25, -0.2) is 4.79 Å². The molecule has 2 aliphatic rings. The second-order valence-electron chi connectivity index (χ2n) is 7.15. The Morgan fingerprint density at radius 3 is 2.50 bits per heavy atom. The van der Waals surface area contributed by atoms with Crippen LogP contribution in [-0.2, 0) is 30.5 Å². The lowest BCUT2D eigenvalue weighted by Crippen LogP contribution is -2.62. The highest BCUT2D eigenvalue weighted by Gasteiger charge is 2.64. The van der Waals surface area contributed by atoms with Gasteiger partial charge in [-0.3, -0.25) is 14.5 Å². The van der Waals surface area contributed by atoms with Crippen LogP contribution in [0.2, 0.25) is 0 Å². The first-order valence-electron chi connectivity index (χ1n) is 9.72. The maximum absolute atomic E-state index is 13.3. The predicted octanol–water partition coefficient (Wildman–Crippen LogP) is 3.24. The molecule has 1 amide bonds. The highest BCUT2D eigenvalue weighted by molar-refractivity contribution is 5.96. The third-order valence-electron chi connectivity index (χ3n) is 5.28. The molecule has 2 aliphatic heterocycles. The number of allylic oxidation sites excluding steroid dienone is 1. The van der Waals surface area contributed by atoms with E-state index in [0.717, 1.165) is 11.1 Å². The van der Waals surface area contributed by atoms with Gasteiger partial charge in [0, 0.05) is 12.5 Å². The summed E-state index contributed by atoms with van der Waals surface area (Å²) in [4.78, 5) is 38.3. The Kier molecular flexibility index (Phi) is 5.48. The second kappa shape index (κ2) is 8.37. The van der Waals surface area contributed by atoms with Gasteiger partial charge in [0.2, 0.25) is 11.4 Å². The third kappa shape index (κ3) is 3.52. The number of esters is 1. The summed E-state index contributed by atoms with van der Waals surface area (Å²) in [6.45, 7) is 0.0604. The zero-order valence-corrected chi connectivity index (χ0v) is 16.3. The number of β-lactam (4-membered cyclic amide) rings is 1. The van der Waals surface area contributed by atoms with E-state index in [1.807, 2.05) is 66.7 Å². The molecule has 0 bridgehead atoms. The quantitative estimate of drug-likeness (QED) is 0.307. The van der Waals surface area contributed by atoms with Crippen molar-refractivity contribution in [1.29, 1.82) is 0 Å². The topological polar surface area (TPSA) is 72.9 Å². The van der Waals surface area contributed by atoms with Crippen LogP contribution in [0.4, 0.5) is 0 Å². The molecule has 2 fully saturated rings. The van der Waals surface area contributed by atoms with Crippen LogP contribution in [0, 0.1) is 0 Å². The molecule has 2 aromatic rings. The molecule has 0 N–H and O–H groups in total. The van der Waals surface area contributed by atoms with Crippen molar-refractivity contribution in [3.63, 3.8) is 0 Å². The van der Waals surface area contributed by atoms with Crippen LogP contribution >= 0.6 is 0 Å². The molecular weight excluding hydrogens is 382 g/mol. The van der Waals surface area contributed by atoms with Crippen LogP contribution in [0.5, 0.6) is 0 Å². The van der Waals surface area contributed by atoms with E-state index in [1.165, 1.54) is 11.0 Å². The smallest absolute Gasteiger partial charge is 0.340 e. The first-order valence-corrected chi connectivity index (χ1v) is 9.72. The Morgan fingerprint density at radius 1 is 1.13 bits per heavy atom. The molecule has 0 radical (unpaired) electrons. The van der Waals surface area contributed by atoms with E-state index in [4.69, 9.17) is 9.47 Å². The number of nitrogens with zero attached hydrogens (tertiary/aromatic N) is 1. The summed E-state index contributed by atoms with van der Waals surface area (Å²) in [6.07, 6.45) is 5.18. The molecular formula is C24H21NO5. The molecule has 6 nitrogen and oxygen atoms in total. The number of hydrogen-bond acceptors (Lipinski definition) is 5. The molecule has 1 unspecified atom stereocenters. The van der Waals surface area contributed by atoms with Gasteiger partial charge in [0.05, 0.1) is 6.42 Å². The Bertz CT molecular complexity index is 999. The van der Waals surface area contributed by atoms with Crippen molar-refractivity contribution < 1.29 is 23.9 Å². The average Bonchev–Trinajstić information content (AvgIpc) is 3.02. The average molecular weight is 403 g/mol. The number of aldehydes is 1. The number of benzene rings is 2. The minimum atomic E-state index is -1.49. The van der Waals surface area contributed by atoms with Crippen LogP contribution in [0.25, 0.3) is 6.08 Å². The molecule has 0 aromatic heterocycles. The summed E-state index contributed by atoms with van der Waals surface area (Å²) >= 11 is 0. The van der Waals surface area contributed by atoms with Gasteiger partial charge in [-0.1, -0.05) is 72.8 Å². The molecule has 4 rings (SSSR count).